The fraction of sp³-hybridized carbons (Fsp3) is 0.250. The molecule has 0 fully saturated rings. The summed E-state index contributed by atoms with van der Waals surface area (Å²) >= 11 is 0. The van der Waals surface area contributed by atoms with Crippen molar-refractivity contribution in [2.75, 3.05) is 6.61 Å². The van der Waals surface area contributed by atoms with Crippen molar-refractivity contribution in [2.24, 2.45) is 0 Å². The van der Waals surface area contributed by atoms with E-state index in [0.717, 1.165) is 0 Å². The van der Waals surface area contributed by atoms with Crippen LogP contribution in [-0.4, -0.2) is 33.0 Å². The summed E-state index contributed by atoms with van der Waals surface area (Å²) in [5, 5.41) is 11.4. The summed E-state index contributed by atoms with van der Waals surface area (Å²) in [4.78, 5) is 27.9. The molecule has 0 aliphatic heterocycles. The molecule has 2 rings (SSSR count). The summed E-state index contributed by atoms with van der Waals surface area (Å²) in [6.45, 7) is 1.46. The number of hydrogen-bond donors (Lipinski definition) is 2. The van der Waals surface area contributed by atoms with Crippen molar-refractivity contribution in [1.29, 1.82) is 0 Å². The van der Waals surface area contributed by atoms with E-state index in [0.29, 0.717) is 5.65 Å². The molecule has 0 saturated heterocycles. The number of carbonyl (C=O) groups excluding carboxylic acids is 1. The average Bonchev–Trinajstić information content (AvgIpc) is 2.39. The molecule has 18 heavy (non-hydrogen) atoms. The predicted molar refractivity (Wildman–Crippen MR) is 65.5 cm³/mol. The van der Waals surface area contributed by atoms with Gasteiger partial charge in [-0.2, -0.15) is 0 Å². The van der Waals surface area contributed by atoms with Crippen LogP contribution in [0.3, 0.4) is 0 Å². The number of aliphatic hydroxyl groups excluding tert-OH is 1. The molecule has 0 radical (unpaired) electrons. The molecule has 2 N–H and O–H groups in total. The Morgan fingerprint density at radius 1 is 1.56 bits per heavy atom. The van der Waals surface area contributed by atoms with Gasteiger partial charge in [-0.1, -0.05) is 6.07 Å². The van der Waals surface area contributed by atoms with E-state index >= 15 is 0 Å². The summed E-state index contributed by atoms with van der Waals surface area (Å²) in [6.07, 6.45) is 2.80. The molecule has 0 aromatic carbocycles. The number of hydrogen-bond acceptors (Lipinski definition) is 4. The highest BCUT2D eigenvalue weighted by Crippen LogP contribution is 1.98. The molecule has 0 aliphatic carbocycles. The maximum atomic E-state index is 12.0. The lowest BCUT2D eigenvalue weighted by molar-refractivity contribution is 0.0920. The lowest BCUT2D eigenvalue weighted by Gasteiger charge is -2.10. The molecule has 0 spiro atoms. The standard InChI is InChI=1S/C12H13N3O3/c1-8(7-16)14-11(17)9-6-13-10-4-2-3-5-15(10)12(9)18/h2-6,8,16H,7H2,1H3,(H,14,17)/t8-/m1/s1. The highest BCUT2D eigenvalue weighted by molar-refractivity contribution is 5.93. The van der Waals surface area contributed by atoms with Crippen LogP contribution in [0.1, 0.15) is 17.3 Å². The third-order valence-electron chi connectivity index (χ3n) is 2.51. The number of rotatable bonds is 3. The number of aliphatic hydroxyl groups is 1. The van der Waals surface area contributed by atoms with E-state index in [1.165, 1.54) is 10.6 Å². The van der Waals surface area contributed by atoms with E-state index in [9.17, 15) is 9.59 Å². The van der Waals surface area contributed by atoms with Crippen LogP contribution in [-0.2, 0) is 0 Å². The lowest BCUT2D eigenvalue weighted by atomic mass is 10.2. The second kappa shape index (κ2) is 4.97. The van der Waals surface area contributed by atoms with Crippen molar-refractivity contribution in [3.63, 3.8) is 0 Å². The second-order valence-corrected chi connectivity index (χ2v) is 3.96. The van der Waals surface area contributed by atoms with Gasteiger partial charge >= 0.3 is 0 Å². The van der Waals surface area contributed by atoms with Crippen LogP contribution in [0.5, 0.6) is 0 Å². The van der Waals surface area contributed by atoms with Crippen molar-refractivity contribution in [3.05, 3.63) is 46.5 Å². The summed E-state index contributed by atoms with van der Waals surface area (Å²) in [5.41, 5.74) is 0.0106. The van der Waals surface area contributed by atoms with Gasteiger partial charge in [-0.05, 0) is 19.1 Å². The number of aromatic nitrogens is 2. The van der Waals surface area contributed by atoms with Crippen molar-refractivity contribution in [3.8, 4) is 0 Å². The van der Waals surface area contributed by atoms with Crippen LogP contribution in [0.25, 0.3) is 5.65 Å². The SMILES string of the molecule is C[C@H](CO)NC(=O)c1cnc2ccccn2c1=O. The third-order valence-corrected chi connectivity index (χ3v) is 2.51. The normalized spacial score (nSPS) is 12.3. The Balaban J connectivity index is 2.43. The van der Waals surface area contributed by atoms with Gasteiger partial charge in [0.15, 0.2) is 0 Å². The minimum absolute atomic E-state index is 0.0426. The number of fused-ring (bicyclic) bond motifs is 1. The Hall–Kier alpha value is -2.21. The van der Waals surface area contributed by atoms with Crippen molar-refractivity contribution in [1.82, 2.24) is 14.7 Å². The summed E-state index contributed by atoms with van der Waals surface area (Å²) in [6, 6.07) is 4.72. The predicted octanol–water partition coefficient (Wildman–Crippen LogP) is -0.195. The van der Waals surface area contributed by atoms with E-state index in [1.807, 2.05) is 0 Å². The highest BCUT2D eigenvalue weighted by Gasteiger charge is 2.14. The van der Waals surface area contributed by atoms with E-state index in [4.69, 9.17) is 5.11 Å². The second-order valence-electron chi connectivity index (χ2n) is 3.96. The van der Waals surface area contributed by atoms with Gasteiger partial charge in [0.25, 0.3) is 11.5 Å². The molecule has 0 unspecified atom stereocenters. The van der Waals surface area contributed by atoms with Gasteiger partial charge in [-0.25, -0.2) is 4.98 Å². The zero-order valence-corrected chi connectivity index (χ0v) is 9.83. The molecule has 94 valence electrons. The first-order valence-corrected chi connectivity index (χ1v) is 5.51. The molecular weight excluding hydrogens is 234 g/mol. The lowest BCUT2D eigenvalue weighted by Crippen LogP contribution is -2.38. The number of pyridine rings is 1. The first-order chi connectivity index (χ1) is 8.63. The molecule has 0 bridgehead atoms. The third kappa shape index (κ3) is 2.23. The van der Waals surface area contributed by atoms with Gasteiger partial charge in [-0.3, -0.25) is 14.0 Å². The molecule has 1 atom stereocenters. The summed E-state index contributed by atoms with van der Waals surface area (Å²) in [5.74, 6) is -0.535. The number of carbonyl (C=O) groups is 1. The zero-order valence-electron chi connectivity index (χ0n) is 9.83. The Kier molecular flexibility index (Phi) is 3.38. The number of nitrogens with zero attached hydrogens (tertiary/aromatic N) is 2. The molecule has 0 saturated carbocycles. The van der Waals surface area contributed by atoms with Crippen molar-refractivity contribution >= 4 is 11.6 Å². The molecule has 2 heterocycles. The molecule has 1 amide bonds. The topological polar surface area (TPSA) is 83.7 Å². The van der Waals surface area contributed by atoms with Crippen molar-refractivity contribution < 1.29 is 9.90 Å². The van der Waals surface area contributed by atoms with Gasteiger partial charge in [0, 0.05) is 18.4 Å². The molecule has 6 nitrogen and oxygen atoms in total. The minimum atomic E-state index is -0.535. The quantitative estimate of drug-likeness (QED) is 0.787. The molecule has 0 aliphatic rings. The molecular formula is C12H13N3O3. The van der Waals surface area contributed by atoms with E-state index in [1.54, 1.807) is 31.3 Å². The van der Waals surface area contributed by atoms with Crippen LogP contribution in [0, 0.1) is 0 Å². The maximum Gasteiger partial charge on any atom is 0.270 e. The molecule has 2 aromatic heterocycles. The van der Waals surface area contributed by atoms with E-state index in [-0.39, 0.29) is 12.2 Å². The first-order valence-electron chi connectivity index (χ1n) is 5.51. The van der Waals surface area contributed by atoms with E-state index in [2.05, 4.69) is 10.3 Å². The summed E-state index contributed by atoms with van der Waals surface area (Å²) in [7, 11) is 0. The van der Waals surface area contributed by atoms with Crippen LogP contribution >= 0.6 is 0 Å². The zero-order chi connectivity index (χ0) is 13.1. The largest absolute Gasteiger partial charge is 0.394 e. The van der Waals surface area contributed by atoms with Crippen LogP contribution < -0.4 is 10.9 Å². The van der Waals surface area contributed by atoms with Crippen LogP contribution in [0.15, 0.2) is 35.4 Å². The maximum absolute atomic E-state index is 12.0. The van der Waals surface area contributed by atoms with Gasteiger partial charge < -0.3 is 10.4 Å². The van der Waals surface area contributed by atoms with Gasteiger partial charge in [0.1, 0.15) is 11.2 Å². The fourth-order valence-corrected chi connectivity index (χ4v) is 1.53. The van der Waals surface area contributed by atoms with Crippen molar-refractivity contribution in [2.45, 2.75) is 13.0 Å². The van der Waals surface area contributed by atoms with Crippen LogP contribution in [0.2, 0.25) is 0 Å². The Labute approximate surface area is 103 Å². The highest BCUT2D eigenvalue weighted by atomic mass is 16.3. The van der Waals surface area contributed by atoms with E-state index < -0.39 is 17.5 Å². The number of amides is 1. The Morgan fingerprint density at radius 3 is 3.06 bits per heavy atom. The van der Waals surface area contributed by atoms with Crippen LogP contribution in [0.4, 0.5) is 0 Å². The number of nitrogens with one attached hydrogen (secondary N) is 1. The van der Waals surface area contributed by atoms with Gasteiger partial charge in [0.2, 0.25) is 0 Å². The Morgan fingerprint density at radius 2 is 2.33 bits per heavy atom. The summed E-state index contributed by atoms with van der Waals surface area (Å²) < 4.78 is 1.30. The van der Waals surface area contributed by atoms with Gasteiger partial charge in [-0.15, -0.1) is 0 Å². The fourth-order valence-electron chi connectivity index (χ4n) is 1.53. The first kappa shape index (κ1) is 12.3. The monoisotopic (exact) mass is 247 g/mol. The minimum Gasteiger partial charge on any atom is -0.394 e. The molecule has 6 heteroatoms. The average molecular weight is 247 g/mol. The Bertz CT molecular complexity index is 636. The smallest absolute Gasteiger partial charge is 0.270 e. The molecule has 2 aromatic rings. The van der Waals surface area contributed by atoms with Gasteiger partial charge in [0.05, 0.1) is 6.61 Å².